The molecule has 4 aliphatic rings. The summed E-state index contributed by atoms with van der Waals surface area (Å²) in [4.78, 5) is 4.72. The van der Waals surface area contributed by atoms with Crippen molar-refractivity contribution in [1.82, 2.24) is 5.43 Å². The fourth-order valence-corrected chi connectivity index (χ4v) is 3.60. The molecule has 2 unspecified atom stereocenters. The molecule has 2 aliphatic heterocycles. The Morgan fingerprint density at radius 2 is 1.71 bits per heavy atom. The van der Waals surface area contributed by atoms with Crippen LogP contribution in [0.5, 0.6) is 0 Å². The van der Waals surface area contributed by atoms with Gasteiger partial charge in [0, 0.05) is 5.92 Å². The number of aliphatic imine (C=N–C) groups is 1. The third kappa shape index (κ3) is 1.52. The monoisotopic (exact) mass is 215 g/mol. The molecule has 3 nitrogen and oxygen atoms in total. The number of hydrazine groups is 1. The van der Waals surface area contributed by atoms with Crippen molar-refractivity contribution in [2.45, 2.75) is 38.1 Å². The summed E-state index contributed by atoms with van der Waals surface area (Å²) in [5.41, 5.74) is 2.81. The number of nitrogens with one attached hydrogen (secondary N) is 1. The molecule has 4 rings (SSSR count). The Morgan fingerprint density at radius 1 is 1.07 bits per heavy atom. The maximum atomic E-state index is 5.51. The van der Waals surface area contributed by atoms with E-state index in [0.29, 0.717) is 12.0 Å². The molecule has 80 valence electrons. The predicted octanol–water partition coefficient (Wildman–Crippen LogP) is 1.48. The van der Waals surface area contributed by atoms with Gasteiger partial charge in [0.15, 0.2) is 0 Å². The molecule has 4 heteroatoms. The van der Waals surface area contributed by atoms with Crippen LogP contribution in [0.3, 0.4) is 0 Å². The minimum Gasteiger partial charge on any atom is -0.312 e. The van der Waals surface area contributed by atoms with Crippen LogP contribution in [0.4, 0.5) is 0 Å². The Kier molecular flexibility index (Phi) is 2.71. The average Bonchev–Trinajstić information content (AvgIpc) is 2.29. The van der Waals surface area contributed by atoms with Crippen LogP contribution in [0, 0.1) is 17.8 Å². The largest absolute Gasteiger partial charge is 0.312 e. The number of hydrogen-bond donors (Lipinski definition) is 2. The van der Waals surface area contributed by atoms with Crippen LogP contribution in [0.15, 0.2) is 4.99 Å². The molecule has 0 saturated heterocycles. The zero-order valence-electron chi connectivity index (χ0n) is 8.28. The van der Waals surface area contributed by atoms with E-state index in [1.165, 1.54) is 32.1 Å². The van der Waals surface area contributed by atoms with Gasteiger partial charge < -0.3 is 5.43 Å². The lowest BCUT2D eigenvalue weighted by atomic mass is 9.68. The molecule has 2 atom stereocenters. The lowest BCUT2D eigenvalue weighted by Gasteiger charge is -2.37. The standard InChI is InChI=1S/C10H17N3.ClH/c11-13-10-8-2-6-1-7(3-8)5-9(4-6)12-10;/h6-9H,1-5,11H2,(H,12,13);1H. The van der Waals surface area contributed by atoms with Gasteiger partial charge in [-0.1, -0.05) is 0 Å². The third-order valence-electron chi connectivity index (χ3n) is 3.97. The normalized spacial score (nSPS) is 43.9. The number of hydrogen-bond acceptors (Lipinski definition) is 3. The number of rotatable bonds is 0. The molecule has 2 fully saturated rings. The first-order valence-corrected chi connectivity index (χ1v) is 5.39. The van der Waals surface area contributed by atoms with E-state index in [2.05, 4.69) is 5.43 Å². The fraction of sp³-hybridized carbons (Fsp3) is 0.900. The van der Waals surface area contributed by atoms with Gasteiger partial charge in [-0.3, -0.25) is 4.99 Å². The van der Waals surface area contributed by atoms with Crippen LogP contribution < -0.4 is 11.3 Å². The predicted molar refractivity (Wildman–Crippen MR) is 59.3 cm³/mol. The molecular formula is C10H18ClN3. The molecule has 0 aromatic carbocycles. The van der Waals surface area contributed by atoms with Crippen molar-refractivity contribution in [3.63, 3.8) is 0 Å². The van der Waals surface area contributed by atoms with Crippen LogP contribution in [0.2, 0.25) is 0 Å². The Morgan fingerprint density at radius 3 is 2.29 bits per heavy atom. The molecule has 14 heavy (non-hydrogen) atoms. The second-order valence-electron chi connectivity index (χ2n) is 4.92. The highest BCUT2D eigenvalue weighted by molar-refractivity contribution is 5.85. The van der Waals surface area contributed by atoms with Crippen LogP contribution in [-0.4, -0.2) is 11.9 Å². The van der Waals surface area contributed by atoms with Gasteiger partial charge in [-0.2, -0.15) is 0 Å². The van der Waals surface area contributed by atoms with Crippen molar-refractivity contribution in [3.8, 4) is 0 Å². The maximum Gasteiger partial charge on any atom is 0.114 e. The molecule has 2 saturated carbocycles. The Labute approximate surface area is 90.9 Å². The summed E-state index contributed by atoms with van der Waals surface area (Å²) in [5.74, 6) is 9.14. The molecule has 0 amide bonds. The smallest absolute Gasteiger partial charge is 0.114 e. The number of halogens is 1. The summed E-state index contributed by atoms with van der Waals surface area (Å²) in [5, 5.41) is 0. The lowest BCUT2D eigenvalue weighted by molar-refractivity contribution is 0.161. The van der Waals surface area contributed by atoms with E-state index in [9.17, 15) is 0 Å². The van der Waals surface area contributed by atoms with Crippen LogP contribution in [0.1, 0.15) is 32.1 Å². The quantitative estimate of drug-likeness (QED) is 0.475. The third-order valence-corrected chi connectivity index (χ3v) is 3.97. The van der Waals surface area contributed by atoms with Gasteiger partial charge >= 0.3 is 0 Å². The molecule has 0 aromatic heterocycles. The van der Waals surface area contributed by atoms with E-state index >= 15 is 0 Å². The number of nitrogens with two attached hydrogens (primary N) is 1. The molecule has 2 aliphatic carbocycles. The van der Waals surface area contributed by atoms with Crippen LogP contribution in [0.25, 0.3) is 0 Å². The SMILES string of the molecule is Cl.NNC1=NC2CC3CC(C2)CC1C3. The number of amidine groups is 1. The second-order valence-corrected chi connectivity index (χ2v) is 4.92. The van der Waals surface area contributed by atoms with Gasteiger partial charge in [-0.05, 0) is 43.9 Å². The maximum absolute atomic E-state index is 5.51. The van der Waals surface area contributed by atoms with Gasteiger partial charge in [-0.15, -0.1) is 12.4 Å². The van der Waals surface area contributed by atoms with Crippen LogP contribution in [-0.2, 0) is 0 Å². The summed E-state index contributed by atoms with van der Waals surface area (Å²) in [6, 6.07) is 0.585. The average molecular weight is 216 g/mol. The van der Waals surface area contributed by atoms with Crippen molar-refractivity contribution in [3.05, 3.63) is 0 Å². The summed E-state index contributed by atoms with van der Waals surface area (Å²) in [7, 11) is 0. The molecule has 3 N–H and O–H groups in total. The fourth-order valence-electron chi connectivity index (χ4n) is 3.60. The highest BCUT2D eigenvalue weighted by Gasteiger charge is 2.40. The first kappa shape index (κ1) is 10.2. The zero-order valence-corrected chi connectivity index (χ0v) is 9.09. The first-order valence-electron chi connectivity index (χ1n) is 5.39. The minimum atomic E-state index is 0. The van der Waals surface area contributed by atoms with E-state index in [4.69, 9.17) is 10.8 Å². The van der Waals surface area contributed by atoms with E-state index < -0.39 is 0 Å². The summed E-state index contributed by atoms with van der Waals surface area (Å²) in [6.45, 7) is 0. The van der Waals surface area contributed by atoms with E-state index in [0.717, 1.165) is 17.7 Å². The zero-order chi connectivity index (χ0) is 8.84. The molecule has 4 bridgehead atoms. The molecule has 0 spiro atoms. The topological polar surface area (TPSA) is 50.4 Å². The Bertz CT molecular complexity index is 240. The van der Waals surface area contributed by atoms with Crippen LogP contribution >= 0.6 is 12.4 Å². The van der Waals surface area contributed by atoms with Gasteiger partial charge in [-0.25, -0.2) is 5.84 Å². The second kappa shape index (κ2) is 3.70. The molecule has 0 aromatic rings. The van der Waals surface area contributed by atoms with Crippen molar-refractivity contribution < 1.29 is 0 Å². The lowest BCUT2D eigenvalue weighted by Crippen LogP contribution is -2.38. The van der Waals surface area contributed by atoms with Gasteiger partial charge in [0.05, 0.1) is 6.04 Å². The summed E-state index contributed by atoms with van der Waals surface area (Å²) < 4.78 is 0. The Balaban J connectivity index is 0.000000750. The highest BCUT2D eigenvalue weighted by Crippen LogP contribution is 2.46. The van der Waals surface area contributed by atoms with Crippen molar-refractivity contribution in [2.75, 3.05) is 0 Å². The van der Waals surface area contributed by atoms with E-state index in [-0.39, 0.29) is 12.4 Å². The van der Waals surface area contributed by atoms with E-state index in [1.807, 2.05) is 0 Å². The van der Waals surface area contributed by atoms with Gasteiger partial charge in [0.2, 0.25) is 0 Å². The van der Waals surface area contributed by atoms with Crippen molar-refractivity contribution in [2.24, 2.45) is 28.6 Å². The van der Waals surface area contributed by atoms with Crippen molar-refractivity contribution >= 4 is 18.2 Å². The number of nitrogens with zero attached hydrogens (tertiary/aromatic N) is 1. The molecule has 2 heterocycles. The van der Waals surface area contributed by atoms with Gasteiger partial charge in [0.25, 0.3) is 0 Å². The summed E-state index contributed by atoms with van der Waals surface area (Å²) >= 11 is 0. The van der Waals surface area contributed by atoms with E-state index in [1.54, 1.807) is 0 Å². The first-order chi connectivity index (χ1) is 6.35. The molecular weight excluding hydrogens is 198 g/mol. The Hall–Kier alpha value is -0.280. The summed E-state index contributed by atoms with van der Waals surface area (Å²) in [6.07, 6.45) is 6.75. The molecule has 0 radical (unpaired) electrons. The minimum absolute atomic E-state index is 0. The van der Waals surface area contributed by atoms with Crippen molar-refractivity contribution in [1.29, 1.82) is 0 Å². The highest BCUT2D eigenvalue weighted by atomic mass is 35.5. The van der Waals surface area contributed by atoms with Gasteiger partial charge in [0.1, 0.15) is 5.84 Å².